The summed E-state index contributed by atoms with van der Waals surface area (Å²) < 4.78 is 18.8. The van der Waals surface area contributed by atoms with Crippen molar-refractivity contribution in [1.82, 2.24) is 10.3 Å². The highest BCUT2D eigenvalue weighted by molar-refractivity contribution is 5.88. The van der Waals surface area contributed by atoms with Gasteiger partial charge in [-0.1, -0.05) is 12.1 Å². The molecule has 1 aromatic heterocycles. The first-order chi connectivity index (χ1) is 10.6. The number of nitrogens with zero attached hydrogens (tertiary/aromatic N) is 1. The lowest BCUT2D eigenvalue weighted by Gasteiger charge is -2.13. The summed E-state index contributed by atoms with van der Waals surface area (Å²) in [5, 5.41) is 2.78. The molecule has 2 aromatic rings. The van der Waals surface area contributed by atoms with Crippen molar-refractivity contribution in [2.24, 2.45) is 5.73 Å². The molecule has 1 amide bonds. The topological polar surface area (TPSA) is 77.2 Å². The highest BCUT2D eigenvalue weighted by atomic mass is 19.1. The van der Waals surface area contributed by atoms with Gasteiger partial charge in [0.15, 0.2) is 0 Å². The summed E-state index contributed by atoms with van der Waals surface area (Å²) >= 11 is 0. The molecule has 114 valence electrons. The van der Waals surface area contributed by atoms with Gasteiger partial charge in [0.25, 0.3) is 0 Å². The molecule has 0 atom stereocenters. The smallest absolute Gasteiger partial charge is 0.240 e. The fourth-order valence-corrected chi connectivity index (χ4v) is 2.01. The van der Waals surface area contributed by atoms with Crippen molar-refractivity contribution in [3.05, 3.63) is 54.0 Å². The number of carbonyl (C=O) groups excluding carboxylic acids is 1. The van der Waals surface area contributed by atoms with Crippen LogP contribution in [0.3, 0.4) is 0 Å². The summed E-state index contributed by atoms with van der Waals surface area (Å²) in [6, 6.07) is 9.34. The molecule has 0 aliphatic heterocycles. The van der Waals surface area contributed by atoms with E-state index in [0.717, 1.165) is 0 Å². The van der Waals surface area contributed by atoms with Crippen molar-refractivity contribution in [3.8, 4) is 11.6 Å². The highest BCUT2D eigenvalue weighted by Crippen LogP contribution is 2.32. The molecule has 1 fully saturated rings. The Hall–Kier alpha value is -2.47. The normalized spacial score (nSPS) is 15.2. The Morgan fingerprint density at radius 1 is 1.36 bits per heavy atom. The van der Waals surface area contributed by atoms with Crippen LogP contribution in [0.5, 0.6) is 11.6 Å². The lowest BCUT2D eigenvalue weighted by Crippen LogP contribution is -2.42. The average molecular weight is 301 g/mol. The predicted molar refractivity (Wildman–Crippen MR) is 78.7 cm³/mol. The van der Waals surface area contributed by atoms with E-state index in [0.29, 0.717) is 30.0 Å². The number of rotatable bonds is 5. The van der Waals surface area contributed by atoms with E-state index in [4.69, 9.17) is 10.5 Å². The lowest BCUT2D eigenvalue weighted by molar-refractivity contribution is -0.123. The number of halogens is 1. The van der Waals surface area contributed by atoms with Crippen molar-refractivity contribution in [2.45, 2.75) is 24.9 Å². The molecule has 0 unspecified atom stereocenters. The molecule has 3 rings (SSSR count). The summed E-state index contributed by atoms with van der Waals surface area (Å²) in [5.41, 5.74) is 5.81. The number of pyridine rings is 1. The number of nitrogens with one attached hydrogen (secondary N) is 1. The van der Waals surface area contributed by atoms with E-state index < -0.39 is 5.54 Å². The van der Waals surface area contributed by atoms with E-state index in [9.17, 15) is 9.18 Å². The maximum atomic E-state index is 13.2. The molecule has 3 N–H and O–H groups in total. The van der Waals surface area contributed by atoms with Crippen LogP contribution in [-0.4, -0.2) is 16.4 Å². The number of aromatic nitrogens is 1. The van der Waals surface area contributed by atoms with Gasteiger partial charge < -0.3 is 15.8 Å². The Bertz CT molecular complexity index is 701. The first kappa shape index (κ1) is 14.5. The number of hydrogen-bond donors (Lipinski definition) is 2. The fourth-order valence-electron chi connectivity index (χ4n) is 2.01. The van der Waals surface area contributed by atoms with Gasteiger partial charge >= 0.3 is 0 Å². The van der Waals surface area contributed by atoms with E-state index in [1.165, 1.54) is 12.1 Å². The van der Waals surface area contributed by atoms with Gasteiger partial charge in [0.05, 0.1) is 5.54 Å². The van der Waals surface area contributed by atoms with Crippen LogP contribution in [0.4, 0.5) is 4.39 Å². The molecule has 0 radical (unpaired) electrons. The average Bonchev–Trinajstić information content (AvgIpc) is 3.25. The Morgan fingerprint density at radius 2 is 2.18 bits per heavy atom. The minimum atomic E-state index is -0.716. The molecule has 6 heteroatoms. The highest BCUT2D eigenvalue weighted by Gasteiger charge is 2.45. The maximum Gasteiger partial charge on any atom is 0.240 e. The number of nitrogens with two attached hydrogens (primary N) is 1. The van der Waals surface area contributed by atoms with Gasteiger partial charge in [-0.3, -0.25) is 4.79 Å². The number of hydrogen-bond acceptors (Lipinski definition) is 4. The summed E-state index contributed by atoms with van der Waals surface area (Å²) in [5.74, 6) is 0.120. The van der Waals surface area contributed by atoms with Crippen molar-refractivity contribution in [1.29, 1.82) is 0 Å². The van der Waals surface area contributed by atoms with Crippen LogP contribution in [0.15, 0.2) is 42.6 Å². The molecule has 5 nitrogen and oxygen atoms in total. The Labute approximate surface area is 127 Å². The van der Waals surface area contributed by atoms with Gasteiger partial charge in [-0.25, -0.2) is 9.37 Å². The first-order valence-corrected chi connectivity index (χ1v) is 7.01. The molecule has 0 saturated heterocycles. The predicted octanol–water partition coefficient (Wildman–Crippen LogP) is 2.12. The monoisotopic (exact) mass is 301 g/mol. The molecule has 1 heterocycles. The summed E-state index contributed by atoms with van der Waals surface area (Å²) in [7, 11) is 0. The van der Waals surface area contributed by atoms with E-state index >= 15 is 0 Å². The molecule has 1 aromatic carbocycles. The lowest BCUT2D eigenvalue weighted by atomic mass is 10.2. The van der Waals surface area contributed by atoms with E-state index in [1.807, 2.05) is 0 Å². The van der Waals surface area contributed by atoms with Crippen LogP contribution in [0, 0.1) is 5.82 Å². The van der Waals surface area contributed by atoms with Crippen LogP contribution in [0.2, 0.25) is 0 Å². The third kappa shape index (κ3) is 3.23. The van der Waals surface area contributed by atoms with Gasteiger partial charge in [-0.2, -0.15) is 0 Å². The molecular formula is C16H16FN3O2. The SMILES string of the molecule is NC1(C(=O)NCc2cccnc2Oc2cccc(F)c2)CC1. The van der Waals surface area contributed by atoms with E-state index in [1.54, 1.807) is 30.5 Å². The number of benzene rings is 1. The van der Waals surface area contributed by atoms with Crippen LogP contribution in [0.25, 0.3) is 0 Å². The number of ether oxygens (including phenoxy) is 1. The number of carbonyl (C=O) groups is 1. The van der Waals surface area contributed by atoms with E-state index in [-0.39, 0.29) is 18.3 Å². The van der Waals surface area contributed by atoms with Gasteiger partial charge in [-0.15, -0.1) is 0 Å². The second-order valence-corrected chi connectivity index (χ2v) is 5.37. The molecule has 22 heavy (non-hydrogen) atoms. The molecular weight excluding hydrogens is 285 g/mol. The summed E-state index contributed by atoms with van der Waals surface area (Å²) in [4.78, 5) is 16.0. The standard InChI is InChI=1S/C16H16FN3O2/c17-12-4-1-5-13(9-12)22-14-11(3-2-8-19-14)10-20-15(21)16(18)6-7-16/h1-5,8-9H,6-7,10,18H2,(H,20,21). The van der Waals surface area contributed by atoms with Crippen LogP contribution in [-0.2, 0) is 11.3 Å². The minimum Gasteiger partial charge on any atom is -0.439 e. The van der Waals surface area contributed by atoms with Crippen LogP contribution >= 0.6 is 0 Å². The molecule has 1 aliphatic carbocycles. The van der Waals surface area contributed by atoms with Gasteiger partial charge in [0.2, 0.25) is 11.8 Å². The fraction of sp³-hybridized carbons (Fsp3) is 0.250. The third-order valence-electron chi connectivity index (χ3n) is 3.54. The minimum absolute atomic E-state index is 0.173. The molecule has 1 aliphatic rings. The van der Waals surface area contributed by atoms with Gasteiger partial charge in [-0.05, 0) is 31.0 Å². The van der Waals surface area contributed by atoms with Crippen LogP contribution < -0.4 is 15.8 Å². The largest absolute Gasteiger partial charge is 0.439 e. The molecule has 0 bridgehead atoms. The van der Waals surface area contributed by atoms with Crippen molar-refractivity contribution >= 4 is 5.91 Å². The Kier molecular flexibility index (Phi) is 3.77. The quantitative estimate of drug-likeness (QED) is 0.887. The second kappa shape index (κ2) is 5.73. The van der Waals surface area contributed by atoms with Crippen molar-refractivity contribution < 1.29 is 13.9 Å². The zero-order chi connectivity index (χ0) is 15.6. The molecule has 1 saturated carbocycles. The summed E-state index contributed by atoms with van der Waals surface area (Å²) in [6.07, 6.45) is 2.99. The van der Waals surface area contributed by atoms with Crippen molar-refractivity contribution in [3.63, 3.8) is 0 Å². The number of amides is 1. The second-order valence-electron chi connectivity index (χ2n) is 5.37. The Balaban J connectivity index is 1.71. The summed E-state index contributed by atoms with van der Waals surface area (Å²) in [6.45, 7) is 0.260. The maximum absolute atomic E-state index is 13.2. The van der Waals surface area contributed by atoms with Gasteiger partial charge in [0.1, 0.15) is 11.6 Å². The zero-order valence-corrected chi connectivity index (χ0v) is 11.9. The first-order valence-electron chi connectivity index (χ1n) is 7.01. The van der Waals surface area contributed by atoms with Crippen LogP contribution in [0.1, 0.15) is 18.4 Å². The Morgan fingerprint density at radius 3 is 2.91 bits per heavy atom. The zero-order valence-electron chi connectivity index (χ0n) is 11.9. The third-order valence-corrected chi connectivity index (χ3v) is 3.54. The van der Waals surface area contributed by atoms with Gasteiger partial charge in [0, 0.05) is 24.4 Å². The van der Waals surface area contributed by atoms with E-state index in [2.05, 4.69) is 10.3 Å². The van der Waals surface area contributed by atoms with Crippen molar-refractivity contribution in [2.75, 3.05) is 0 Å². The molecule has 0 spiro atoms.